The molecule has 0 radical (unpaired) electrons. The molecule has 0 aliphatic heterocycles. The first-order valence-corrected chi connectivity index (χ1v) is 11.8. The highest BCUT2D eigenvalue weighted by Crippen LogP contribution is 2.24. The molecule has 0 fully saturated rings. The second-order valence-electron chi connectivity index (χ2n) is 7.92. The SMILES string of the molecule is CN(CCCCCc1cc(-c2cccc(F)c2)n[nH]1)C(=O)c1ccc(NC(=O)c2ccco2)s1. The van der Waals surface area contributed by atoms with Crippen molar-refractivity contribution in [3.63, 3.8) is 0 Å². The summed E-state index contributed by atoms with van der Waals surface area (Å²) < 4.78 is 18.5. The molecular weight excluding hydrogens is 455 g/mol. The maximum absolute atomic E-state index is 13.4. The molecule has 4 rings (SSSR count). The van der Waals surface area contributed by atoms with Gasteiger partial charge in [-0.2, -0.15) is 5.10 Å². The topological polar surface area (TPSA) is 91.2 Å². The van der Waals surface area contributed by atoms with Crippen LogP contribution < -0.4 is 5.32 Å². The fourth-order valence-corrected chi connectivity index (χ4v) is 4.41. The molecule has 0 spiro atoms. The van der Waals surface area contributed by atoms with E-state index in [1.54, 1.807) is 42.3 Å². The van der Waals surface area contributed by atoms with Crippen LogP contribution in [0.3, 0.4) is 0 Å². The van der Waals surface area contributed by atoms with E-state index in [0.717, 1.165) is 42.6 Å². The van der Waals surface area contributed by atoms with Gasteiger partial charge < -0.3 is 14.6 Å². The minimum Gasteiger partial charge on any atom is -0.459 e. The largest absolute Gasteiger partial charge is 0.459 e. The van der Waals surface area contributed by atoms with Crippen molar-refractivity contribution in [2.75, 3.05) is 18.9 Å². The average molecular weight is 481 g/mol. The number of aryl methyl sites for hydroxylation is 1. The summed E-state index contributed by atoms with van der Waals surface area (Å²) in [6.07, 6.45) is 5.06. The zero-order valence-corrected chi connectivity index (χ0v) is 19.5. The van der Waals surface area contributed by atoms with E-state index < -0.39 is 0 Å². The standard InChI is InChI=1S/C25H25FN4O3S/c1-30(25(32)22-11-12-23(34-22)27-24(31)21-10-6-14-33-21)13-4-2-3-9-19-16-20(29-28-19)17-7-5-8-18(26)15-17/h5-8,10-12,14-16H,2-4,9,13H2,1H3,(H,27,31)(H,28,29). The number of carbonyl (C=O) groups excluding carboxylic acids is 2. The number of carbonyl (C=O) groups is 2. The predicted octanol–water partition coefficient (Wildman–Crippen LogP) is 5.61. The van der Waals surface area contributed by atoms with Crippen LogP contribution in [0.4, 0.5) is 9.39 Å². The molecule has 0 atom stereocenters. The highest BCUT2D eigenvalue weighted by atomic mass is 32.1. The number of thiophene rings is 1. The number of rotatable bonds is 10. The Morgan fingerprint density at radius 2 is 2.00 bits per heavy atom. The Labute approximate surface area is 200 Å². The van der Waals surface area contributed by atoms with Crippen molar-refractivity contribution in [3.8, 4) is 11.3 Å². The number of benzene rings is 1. The Morgan fingerprint density at radius 1 is 1.12 bits per heavy atom. The molecule has 7 nitrogen and oxygen atoms in total. The summed E-state index contributed by atoms with van der Waals surface area (Å²) in [5.74, 6) is -0.479. The van der Waals surface area contributed by atoms with Crippen LogP contribution in [0.2, 0.25) is 0 Å². The molecule has 4 aromatic rings. The number of H-pyrrole nitrogens is 1. The number of furan rings is 1. The fourth-order valence-electron chi connectivity index (χ4n) is 3.52. The second-order valence-corrected chi connectivity index (χ2v) is 9.01. The number of anilines is 1. The summed E-state index contributed by atoms with van der Waals surface area (Å²) in [7, 11) is 1.78. The molecule has 3 aromatic heterocycles. The normalized spacial score (nSPS) is 10.9. The number of hydrogen-bond donors (Lipinski definition) is 2. The van der Waals surface area contributed by atoms with Gasteiger partial charge in [-0.1, -0.05) is 18.6 Å². The summed E-state index contributed by atoms with van der Waals surface area (Å²) in [6.45, 7) is 0.641. The van der Waals surface area contributed by atoms with Crippen LogP contribution in [-0.2, 0) is 6.42 Å². The molecule has 2 N–H and O–H groups in total. The summed E-state index contributed by atoms with van der Waals surface area (Å²) in [4.78, 5) is 27.0. The zero-order valence-electron chi connectivity index (χ0n) is 18.7. The first kappa shape index (κ1) is 23.4. The first-order chi connectivity index (χ1) is 16.5. The molecule has 0 unspecified atom stereocenters. The lowest BCUT2D eigenvalue weighted by atomic mass is 10.1. The lowest BCUT2D eigenvalue weighted by Gasteiger charge is -2.15. The van der Waals surface area contributed by atoms with Gasteiger partial charge in [0.15, 0.2) is 5.76 Å². The van der Waals surface area contributed by atoms with E-state index in [-0.39, 0.29) is 23.4 Å². The zero-order chi connectivity index (χ0) is 23.9. The Hall–Kier alpha value is -3.72. The van der Waals surface area contributed by atoms with E-state index in [9.17, 15) is 14.0 Å². The molecule has 2 amide bonds. The van der Waals surface area contributed by atoms with Gasteiger partial charge in [-0.15, -0.1) is 11.3 Å². The Kier molecular flexibility index (Phi) is 7.54. The summed E-state index contributed by atoms with van der Waals surface area (Å²) >= 11 is 1.24. The molecule has 0 saturated carbocycles. The number of aromatic amines is 1. The van der Waals surface area contributed by atoms with Gasteiger partial charge in [-0.25, -0.2) is 4.39 Å². The highest BCUT2D eigenvalue weighted by molar-refractivity contribution is 7.18. The third-order valence-electron chi connectivity index (χ3n) is 5.34. The number of amides is 2. The second kappa shape index (κ2) is 10.9. The van der Waals surface area contributed by atoms with Crippen molar-refractivity contribution in [1.82, 2.24) is 15.1 Å². The molecule has 0 aliphatic carbocycles. The number of halogens is 1. The van der Waals surface area contributed by atoms with Gasteiger partial charge in [-0.05, 0) is 61.7 Å². The number of nitrogens with zero attached hydrogens (tertiary/aromatic N) is 2. The maximum atomic E-state index is 13.4. The van der Waals surface area contributed by atoms with Crippen LogP contribution in [0.1, 0.15) is 45.2 Å². The van der Waals surface area contributed by atoms with E-state index in [4.69, 9.17) is 4.42 Å². The number of aromatic nitrogens is 2. The third-order valence-corrected chi connectivity index (χ3v) is 6.32. The summed E-state index contributed by atoms with van der Waals surface area (Å²) in [6, 6.07) is 15.0. The Balaban J connectivity index is 1.18. The number of nitrogens with one attached hydrogen (secondary N) is 2. The van der Waals surface area contributed by atoms with Crippen LogP contribution in [0.15, 0.2) is 65.3 Å². The van der Waals surface area contributed by atoms with Crippen LogP contribution in [0.5, 0.6) is 0 Å². The quantitative estimate of drug-likeness (QED) is 0.289. The molecule has 0 saturated heterocycles. The molecule has 3 heterocycles. The monoisotopic (exact) mass is 480 g/mol. The molecular formula is C25H25FN4O3S. The van der Waals surface area contributed by atoms with Gasteiger partial charge in [0.25, 0.3) is 11.8 Å². The van der Waals surface area contributed by atoms with Crippen molar-refractivity contribution in [3.05, 3.63) is 83.0 Å². The fraction of sp³-hybridized carbons (Fsp3) is 0.240. The average Bonchev–Trinajstić information content (AvgIpc) is 3.60. The van der Waals surface area contributed by atoms with Crippen LogP contribution in [-0.4, -0.2) is 40.5 Å². The minimum absolute atomic E-state index is 0.0724. The van der Waals surface area contributed by atoms with Gasteiger partial charge in [-0.3, -0.25) is 14.7 Å². The molecule has 9 heteroatoms. The van der Waals surface area contributed by atoms with Crippen molar-refractivity contribution in [1.29, 1.82) is 0 Å². The van der Waals surface area contributed by atoms with Crippen molar-refractivity contribution < 1.29 is 18.4 Å². The summed E-state index contributed by atoms with van der Waals surface area (Å²) in [5, 5.41) is 10.6. The number of hydrogen-bond acceptors (Lipinski definition) is 5. The number of unbranched alkanes of at least 4 members (excludes halogenated alkanes) is 2. The van der Waals surface area contributed by atoms with Gasteiger partial charge in [0.1, 0.15) is 5.82 Å². The van der Waals surface area contributed by atoms with E-state index >= 15 is 0 Å². The Bertz CT molecular complexity index is 1250. The first-order valence-electron chi connectivity index (χ1n) is 11.0. The van der Waals surface area contributed by atoms with E-state index in [0.29, 0.717) is 16.4 Å². The van der Waals surface area contributed by atoms with Crippen molar-refractivity contribution >= 4 is 28.2 Å². The van der Waals surface area contributed by atoms with Gasteiger partial charge in [0.2, 0.25) is 0 Å². The Morgan fingerprint density at radius 3 is 2.79 bits per heavy atom. The van der Waals surface area contributed by atoms with E-state index in [2.05, 4.69) is 15.5 Å². The molecule has 34 heavy (non-hydrogen) atoms. The van der Waals surface area contributed by atoms with Crippen LogP contribution in [0, 0.1) is 5.82 Å². The maximum Gasteiger partial charge on any atom is 0.291 e. The van der Waals surface area contributed by atoms with Crippen molar-refractivity contribution in [2.24, 2.45) is 0 Å². The molecule has 176 valence electrons. The lowest BCUT2D eigenvalue weighted by molar-refractivity contribution is 0.0797. The summed E-state index contributed by atoms with van der Waals surface area (Å²) in [5.41, 5.74) is 2.49. The van der Waals surface area contributed by atoms with Crippen LogP contribution >= 0.6 is 11.3 Å². The lowest BCUT2D eigenvalue weighted by Crippen LogP contribution is -2.27. The highest BCUT2D eigenvalue weighted by Gasteiger charge is 2.16. The molecule has 0 aliphatic rings. The smallest absolute Gasteiger partial charge is 0.291 e. The van der Waals surface area contributed by atoms with E-state index in [1.165, 1.54) is 29.7 Å². The molecule has 1 aromatic carbocycles. The molecule has 0 bridgehead atoms. The van der Waals surface area contributed by atoms with E-state index in [1.807, 2.05) is 12.1 Å². The van der Waals surface area contributed by atoms with Crippen LogP contribution in [0.25, 0.3) is 11.3 Å². The van der Waals surface area contributed by atoms with Gasteiger partial charge in [0.05, 0.1) is 21.8 Å². The van der Waals surface area contributed by atoms with Gasteiger partial charge in [0, 0.05) is 24.8 Å². The van der Waals surface area contributed by atoms with Crippen molar-refractivity contribution in [2.45, 2.75) is 25.7 Å². The predicted molar refractivity (Wildman–Crippen MR) is 129 cm³/mol. The minimum atomic E-state index is -0.348. The van der Waals surface area contributed by atoms with Gasteiger partial charge >= 0.3 is 0 Å². The third kappa shape index (κ3) is 5.99.